The zero-order valence-corrected chi connectivity index (χ0v) is 10.3. The van der Waals surface area contributed by atoms with Crippen LogP contribution in [0.25, 0.3) is 0 Å². The van der Waals surface area contributed by atoms with Gasteiger partial charge in [-0.2, -0.15) is 0 Å². The summed E-state index contributed by atoms with van der Waals surface area (Å²) in [5.74, 6) is -0.235. The number of carbonyl (C=O) groups excluding carboxylic acids is 1. The van der Waals surface area contributed by atoms with Crippen LogP contribution in [0.2, 0.25) is 0 Å². The van der Waals surface area contributed by atoms with E-state index < -0.39 is 6.10 Å². The molecule has 0 aromatic carbocycles. The minimum Gasteiger partial charge on any atom is -0.468 e. The van der Waals surface area contributed by atoms with Gasteiger partial charge in [0.1, 0.15) is 6.04 Å². The SMILES string of the molecule is COC(=O)C1CC(O)CN1CCCN(C)C. The Hall–Kier alpha value is -0.650. The first kappa shape index (κ1) is 13.4. The second-order valence-electron chi connectivity index (χ2n) is 4.58. The standard InChI is InChI=1S/C11H22N2O3/c1-12(2)5-4-6-13-8-9(14)7-10(13)11(15)16-3/h9-10,14H,4-8H2,1-3H3. The summed E-state index contributed by atoms with van der Waals surface area (Å²) in [5.41, 5.74) is 0. The van der Waals surface area contributed by atoms with Crippen LogP contribution in [-0.2, 0) is 9.53 Å². The summed E-state index contributed by atoms with van der Waals surface area (Å²) in [6.07, 6.45) is 1.09. The normalized spacial score (nSPS) is 26.3. The quantitative estimate of drug-likeness (QED) is 0.648. The van der Waals surface area contributed by atoms with E-state index in [0.29, 0.717) is 13.0 Å². The fourth-order valence-electron chi connectivity index (χ4n) is 2.10. The number of hydrogen-bond acceptors (Lipinski definition) is 5. The van der Waals surface area contributed by atoms with E-state index in [1.807, 2.05) is 19.0 Å². The predicted octanol–water partition coefficient (Wildman–Crippen LogP) is -0.454. The van der Waals surface area contributed by atoms with E-state index in [9.17, 15) is 9.90 Å². The van der Waals surface area contributed by atoms with Gasteiger partial charge in [-0.15, -0.1) is 0 Å². The van der Waals surface area contributed by atoms with E-state index in [1.54, 1.807) is 0 Å². The van der Waals surface area contributed by atoms with Crippen LogP contribution in [0.3, 0.4) is 0 Å². The van der Waals surface area contributed by atoms with E-state index in [-0.39, 0.29) is 12.0 Å². The minimum atomic E-state index is -0.400. The number of likely N-dealkylation sites (tertiary alicyclic amines) is 1. The van der Waals surface area contributed by atoms with Gasteiger partial charge in [0, 0.05) is 19.5 Å². The van der Waals surface area contributed by atoms with Gasteiger partial charge in [0.2, 0.25) is 0 Å². The van der Waals surface area contributed by atoms with E-state index in [0.717, 1.165) is 19.5 Å². The van der Waals surface area contributed by atoms with Crippen LogP contribution >= 0.6 is 0 Å². The zero-order chi connectivity index (χ0) is 12.1. The number of methoxy groups -OCH3 is 1. The molecule has 2 atom stereocenters. The highest BCUT2D eigenvalue weighted by molar-refractivity contribution is 5.76. The molecule has 0 spiro atoms. The maximum absolute atomic E-state index is 11.5. The molecule has 1 aliphatic heterocycles. The number of nitrogens with zero attached hydrogens (tertiary/aromatic N) is 2. The average molecular weight is 230 g/mol. The summed E-state index contributed by atoms with van der Waals surface area (Å²) < 4.78 is 4.74. The molecule has 0 aromatic heterocycles. The number of rotatable bonds is 5. The Morgan fingerprint density at radius 1 is 1.56 bits per heavy atom. The first-order chi connectivity index (χ1) is 7.54. The first-order valence-corrected chi connectivity index (χ1v) is 5.69. The second-order valence-corrected chi connectivity index (χ2v) is 4.58. The lowest BCUT2D eigenvalue weighted by atomic mass is 10.2. The lowest BCUT2D eigenvalue weighted by Crippen LogP contribution is -2.38. The molecular weight excluding hydrogens is 208 g/mol. The Bertz CT molecular complexity index is 233. The Morgan fingerprint density at radius 3 is 2.81 bits per heavy atom. The van der Waals surface area contributed by atoms with Crippen molar-refractivity contribution in [2.45, 2.75) is 25.0 Å². The van der Waals surface area contributed by atoms with Crippen molar-refractivity contribution in [3.05, 3.63) is 0 Å². The van der Waals surface area contributed by atoms with Crippen molar-refractivity contribution in [1.82, 2.24) is 9.80 Å². The lowest BCUT2D eigenvalue weighted by Gasteiger charge is -2.22. The van der Waals surface area contributed by atoms with Crippen molar-refractivity contribution in [2.75, 3.05) is 40.8 Å². The maximum atomic E-state index is 11.5. The number of esters is 1. The van der Waals surface area contributed by atoms with Crippen LogP contribution in [0.1, 0.15) is 12.8 Å². The van der Waals surface area contributed by atoms with Gasteiger partial charge in [0.15, 0.2) is 0 Å². The molecule has 0 radical (unpaired) electrons. The molecule has 1 N–H and O–H groups in total. The summed E-state index contributed by atoms with van der Waals surface area (Å²) in [4.78, 5) is 15.6. The number of aliphatic hydroxyl groups is 1. The topological polar surface area (TPSA) is 53.0 Å². The van der Waals surface area contributed by atoms with E-state index in [1.165, 1.54) is 7.11 Å². The highest BCUT2D eigenvalue weighted by atomic mass is 16.5. The molecule has 94 valence electrons. The van der Waals surface area contributed by atoms with Gasteiger partial charge in [-0.25, -0.2) is 0 Å². The molecule has 1 aliphatic rings. The second kappa shape index (κ2) is 6.18. The summed E-state index contributed by atoms with van der Waals surface area (Å²) in [6.45, 7) is 2.39. The minimum absolute atomic E-state index is 0.235. The fourth-order valence-corrected chi connectivity index (χ4v) is 2.10. The molecular formula is C11H22N2O3. The Morgan fingerprint density at radius 2 is 2.25 bits per heavy atom. The monoisotopic (exact) mass is 230 g/mol. The Balaban J connectivity index is 2.40. The predicted molar refractivity (Wildman–Crippen MR) is 61.2 cm³/mol. The van der Waals surface area contributed by atoms with Gasteiger partial charge < -0.3 is 14.7 Å². The molecule has 0 aliphatic carbocycles. The molecule has 1 heterocycles. The molecule has 1 fully saturated rings. The average Bonchev–Trinajstić information content (AvgIpc) is 2.58. The highest BCUT2D eigenvalue weighted by Crippen LogP contribution is 2.19. The molecule has 0 aromatic rings. The van der Waals surface area contributed by atoms with E-state index in [4.69, 9.17) is 4.74 Å². The third-order valence-electron chi connectivity index (χ3n) is 2.91. The molecule has 16 heavy (non-hydrogen) atoms. The smallest absolute Gasteiger partial charge is 0.323 e. The number of hydrogen-bond donors (Lipinski definition) is 1. The third-order valence-corrected chi connectivity index (χ3v) is 2.91. The highest BCUT2D eigenvalue weighted by Gasteiger charge is 2.36. The summed E-state index contributed by atoms with van der Waals surface area (Å²) >= 11 is 0. The molecule has 1 saturated heterocycles. The van der Waals surface area contributed by atoms with Gasteiger partial charge in [0.25, 0.3) is 0 Å². The lowest BCUT2D eigenvalue weighted by molar-refractivity contribution is -0.145. The van der Waals surface area contributed by atoms with Gasteiger partial charge in [-0.05, 0) is 27.1 Å². The van der Waals surface area contributed by atoms with Crippen molar-refractivity contribution in [2.24, 2.45) is 0 Å². The van der Waals surface area contributed by atoms with E-state index in [2.05, 4.69) is 4.90 Å². The molecule has 5 nitrogen and oxygen atoms in total. The molecule has 5 heteroatoms. The fraction of sp³-hybridized carbons (Fsp3) is 0.909. The largest absolute Gasteiger partial charge is 0.468 e. The number of carbonyl (C=O) groups is 1. The van der Waals surface area contributed by atoms with E-state index >= 15 is 0 Å². The first-order valence-electron chi connectivity index (χ1n) is 5.69. The third kappa shape index (κ3) is 3.73. The maximum Gasteiger partial charge on any atom is 0.323 e. The molecule has 2 unspecified atom stereocenters. The van der Waals surface area contributed by atoms with Gasteiger partial charge >= 0.3 is 5.97 Å². The van der Waals surface area contributed by atoms with Crippen molar-refractivity contribution in [3.8, 4) is 0 Å². The van der Waals surface area contributed by atoms with Crippen LogP contribution in [0.5, 0.6) is 0 Å². The molecule has 0 saturated carbocycles. The number of ether oxygens (including phenoxy) is 1. The molecule has 0 bridgehead atoms. The van der Waals surface area contributed by atoms with Crippen molar-refractivity contribution in [3.63, 3.8) is 0 Å². The number of β-amino-alcohol motifs (C(OH)–C–C–N with tert-alkyl or cyclic N) is 1. The summed E-state index contributed by atoms with van der Waals surface area (Å²) in [6, 6.07) is -0.262. The van der Waals surface area contributed by atoms with Gasteiger partial charge in [-0.3, -0.25) is 9.69 Å². The molecule has 1 rings (SSSR count). The van der Waals surface area contributed by atoms with Crippen LogP contribution in [0.4, 0.5) is 0 Å². The van der Waals surface area contributed by atoms with Crippen LogP contribution < -0.4 is 0 Å². The van der Waals surface area contributed by atoms with Crippen molar-refractivity contribution in [1.29, 1.82) is 0 Å². The van der Waals surface area contributed by atoms with Gasteiger partial charge in [-0.1, -0.05) is 0 Å². The van der Waals surface area contributed by atoms with Crippen molar-refractivity contribution < 1.29 is 14.6 Å². The van der Waals surface area contributed by atoms with Gasteiger partial charge in [0.05, 0.1) is 13.2 Å². The summed E-state index contributed by atoms with van der Waals surface area (Å²) in [5, 5.41) is 9.56. The molecule has 0 amide bonds. The van der Waals surface area contributed by atoms with Crippen LogP contribution in [0.15, 0.2) is 0 Å². The van der Waals surface area contributed by atoms with Crippen molar-refractivity contribution >= 4 is 5.97 Å². The van der Waals surface area contributed by atoms with Crippen LogP contribution in [0, 0.1) is 0 Å². The zero-order valence-electron chi connectivity index (χ0n) is 10.3. The Kier molecular flexibility index (Phi) is 5.18. The van der Waals surface area contributed by atoms with Crippen LogP contribution in [-0.4, -0.2) is 73.9 Å². The Labute approximate surface area is 97.0 Å². The summed E-state index contributed by atoms with van der Waals surface area (Å²) in [7, 11) is 5.44. The number of aliphatic hydroxyl groups excluding tert-OH is 1.